The molecule has 4 nitrogen and oxygen atoms in total. The molecule has 1 aliphatic rings. The van der Waals surface area contributed by atoms with Crippen LogP contribution in [0.25, 0.3) is 0 Å². The van der Waals surface area contributed by atoms with Crippen LogP contribution in [0.5, 0.6) is 0 Å². The molecule has 1 atom stereocenters. The van der Waals surface area contributed by atoms with Crippen molar-refractivity contribution in [1.82, 2.24) is 5.32 Å². The summed E-state index contributed by atoms with van der Waals surface area (Å²) in [4.78, 5) is 11.5. The number of para-hydroxylation sites is 1. The average Bonchev–Trinajstić information content (AvgIpc) is 2.88. The molecule has 1 unspecified atom stereocenters. The van der Waals surface area contributed by atoms with E-state index in [1.165, 1.54) is 0 Å². The summed E-state index contributed by atoms with van der Waals surface area (Å²) in [5, 5.41) is 5.94. The van der Waals surface area contributed by atoms with Crippen molar-refractivity contribution in [1.29, 1.82) is 0 Å². The zero-order valence-corrected chi connectivity index (χ0v) is 9.82. The van der Waals surface area contributed by atoms with Crippen LogP contribution in [0.3, 0.4) is 0 Å². The topological polar surface area (TPSA) is 50.4 Å². The molecule has 0 bridgehead atoms. The molecule has 0 spiro atoms. The molecule has 2 rings (SSSR count). The molecule has 0 aromatic heterocycles. The number of amides is 1. The van der Waals surface area contributed by atoms with E-state index in [1.807, 2.05) is 30.3 Å². The number of hydrogen-bond donors (Lipinski definition) is 2. The lowest BCUT2D eigenvalue weighted by Crippen LogP contribution is -2.35. The standard InChI is InChI=1S/C13H18N2O2/c16-13(15-9-12-7-4-8-17-12)10-14-11-5-2-1-3-6-11/h1-3,5-6,12,14H,4,7-10H2,(H,15,16). The first-order valence-corrected chi connectivity index (χ1v) is 6.02. The summed E-state index contributed by atoms with van der Waals surface area (Å²) < 4.78 is 5.43. The fraction of sp³-hybridized carbons (Fsp3) is 0.462. The highest BCUT2D eigenvalue weighted by molar-refractivity contribution is 5.80. The van der Waals surface area contributed by atoms with E-state index in [0.717, 1.165) is 25.1 Å². The van der Waals surface area contributed by atoms with Crippen LogP contribution >= 0.6 is 0 Å². The second-order valence-electron chi connectivity index (χ2n) is 4.16. The third-order valence-electron chi connectivity index (χ3n) is 2.78. The van der Waals surface area contributed by atoms with Gasteiger partial charge in [0.1, 0.15) is 0 Å². The summed E-state index contributed by atoms with van der Waals surface area (Å²) in [5.74, 6) is 0.00403. The molecule has 1 aromatic rings. The molecule has 1 saturated heterocycles. The molecule has 1 amide bonds. The summed E-state index contributed by atoms with van der Waals surface area (Å²) in [7, 11) is 0. The van der Waals surface area contributed by atoms with Crippen molar-refractivity contribution in [2.45, 2.75) is 18.9 Å². The van der Waals surface area contributed by atoms with Crippen molar-refractivity contribution in [2.24, 2.45) is 0 Å². The molecule has 4 heteroatoms. The highest BCUT2D eigenvalue weighted by atomic mass is 16.5. The number of benzene rings is 1. The van der Waals surface area contributed by atoms with Gasteiger partial charge in [0.05, 0.1) is 12.6 Å². The Labute approximate surface area is 101 Å². The van der Waals surface area contributed by atoms with Crippen molar-refractivity contribution in [3.8, 4) is 0 Å². The maximum atomic E-state index is 11.5. The Morgan fingerprint density at radius 1 is 1.35 bits per heavy atom. The van der Waals surface area contributed by atoms with Crippen LogP contribution in [0, 0.1) is 0 Å². The van der Waals surface area contributed by atoms with Crippen LogP contribution in [0.2, 0.25) is 0 Å². The van der Waals surface area contributed by atoms with E-state index < -0.39 is 0 Å². The average molecular weight is 234 g/mol. The quantitative estimate of drug-likeness (QED) is 0.809. The van der Waals surface area contributed by atoms with E-state index >= 15 is 0 Å². The van der Waals surface area contributed by atoms with E-state index in [2.05, 4.69) is 10.6 Å². The number of carbonyl (C=O) groups is 1. The fourth-order valence-electron chi connectivity index (χ4n) is 1.83. The Morgan fingerprint density at radius 2 is 2.18 bits per heavy atom. The van der Waals surface area contributed by atoms with Crippen molar-refractivity contribution in [2.75, 3.05) is 25.0 Å². The van der Waals surface area contributed by atoms with Gasteiger partial charge in [0.15, 0.2) is 0 Å². The minimum atomic E-state index is 0.00403. The molecule has 1 aliphatic heterocycles. The van der Waals surface area contributed by atoms with Gasteiger partial charge in [-0.15, -0.1) is 0 Å². The zero-order valence-electron chi connectivity index (χ0n) is 9.82. The molecule has 0 aliphatic carbocycles. The van der Waals surface area contributed by atoms with Crippen molar-refractivity contribution < 1.29 is 9.53 Å². The Morgan fingerprint density at radius 3 is 2.88 bits per heavy atom. The Bertz CT molecular complexity index is 348. The fourth-order valence-corrected chi connectivity index (χ4v) is 1.83. The SMILES string of the molecule is O=C(CNc1ccccc1)NCC1CCCO1. The third-order valence-corrected chi connectivity index (χ3v) is 2.78. The summed E-state index contributed by atoms with van der Waals surface area (Å²) >= 11 is 0. The van der Waals surface area contributed by atoms with Crippen LogP contribution in [0.4, 0.5) is 5.69 Å². The van der Waals surface area contributed by atoms with E-state index in [1.54, 1.807) is 0 Å². The number of carbonyl (C=O) groups excluding carboxylic acids is 1. The Kier molecular flexibility index (Phi) is 4.38. The molecule has 17 heavy (non-hydrogen) atoms. The Hall–Kier alpha value is -1.55. The zero-order chi connectivity index (χ0) is 11.9. The van der Waals surface area contributed by atoms with E-state index in [0.29, 0.717) is 13.1 Å². The first-order valence-electron chi connectivity index (χ1n) is 6.02. The van der Waals surface area contributed by atoms with Crippen LogP contribution in [-0.4, -0.2) is 31.7 Å². The smallest absolute Gasteiger partial charge is 0.239 e. The maximum Gasteiger partial charge on any atom is 0.239 e. The number of rotatable bonds is 5. The van der Waals surface area contributed by atoms with Gasteiger partial charge in [-0.3, -0.25) is 4.79 Å². The van der Waals surface area contributed by atoms with Gasteiger partial charge < -0.3 is 15.4 Å². The van der Waals surface area contributed by atoms with Gasteiger partial charge in [0, 0.05) is 18.8 Å². The summed E-state index contributed by atoms with van der Waals surface area (Å²) in [5.41, 5.74) is 0.958. The summed E-state index contributed by atoms with van der Waals surface area (Å²) in [6, 6.07) is 9.70. The predicted octanol–water partition coefficient (Wildman–Crippen LogP) is 1.39. The highest BCUT2D eigenvalue weighted by Gasteiger charge is 2.15. The molecule has 1 aromatic carbocycles. The van der Waals surface area contributed by atoms with E-state index in [4.69, 9.17) is 4.74 Å². The van der Waals surface area contributed by atoms with Gasteiger partial charge in [0.25, 0.3) is 0 Å². The molecule has 0 radical (unpaired) electrons. The maximum absolute atomic E-state index is 11.5. The van der Waals surface area contributed by atoms with Crippen LogP contribution in [0.1, 0.15) is 12.8 Å². The minimum absolute atomic E-state index is 0.00403. The van der Waals surface area contributed by atoms with Crippen LogP contribution in [0.15, 0.2) is 30.3 Å². The van der Waals surface area contributed by atoms with Crippen LogP contribution < -0.4 is 10.6 Å². The molecule has 1 heterocycles. The summed E-state index contributed by atoms with van der Waals surface area (Å²) in [6.07, 6.45) is 2.35. The lowest BCUT2D eigenvalue weighted by molar-refractivity contribution is -0.119. The number of ether oxygens (including phenoxy) is 1. The third kappa shape index (κ3) is 4.07. The first kappa shape index (κ1) is 11.9. The molecule has 2 N–H and O–H groups in total. The lowest BCUT2D eigenvalue weighted by atomic mass is 10.2. The normalized spacial score (nSPS) is 18.9. The van der Waals surface area contributed by atoms with Crippen molar-refractivity contribution in [3.05, 3.63) is 30.3 Å². The lowest BCUT2D eigenvalue weighted by Gasteiger charge is -2.11. The van der Waals surface area contributed by atoms with Crippen LogP contribution in [-0.2, 0) is 9.53 Å². The Balaban J connectivity index is 1.64. The largest absolute Gasteiger partial charge is 0.376 e. The van der Waals surface area contributed by atoms with Gasteiger partial charge in [-0.25, -0.2) is 0 Å². The first-order chi connectivity index (χ1) is 8.34. The van der Waals surface area contributed by atoms with E-state index in [9.17, 15) is 4.79 Å². The highest BCUT2D eigenvalue weighted by Crippen LogP contribution is 2.10. The number of hydrogen-bond acceptors (Lipinski definition) is 3. The molecule has 92 valence electrons. The second kappa shape index (κ2) is 6.25. The molecule has 0 saturated carbocycles. The predicted molar refractivity (Wildman–Crippen MR) is 66.9 cm³/mol. The van der Waals surface area contributed by atoms with Gasteiger partial charge in [-0.05, 0) is 25.0 Å². The second-order valence-corrected chi connectivity index (χ2v) is 4.16. The molecule has 1 fully saturated rings. The van der Waals surface area contributed by atoms with Crippen molar-refractivity contribution in [3.63, 3.8) is 0 Å². The molecular formula is C13H18N2O2. The minimum Gasteiger partial charge on any atom is -0.376 e. The van der Waals surface area contributed by atoms with Gasteiger partial charge in [-0.1, -0.05) is 18.2 Å². The van der Waals surface area contributed by atoms with Gasteiger partial charge in [0.2, 0.25) is 5.91 Å². The van der Waals surface area contributed by atoms with E-state index in [-0.39, 0.29) is 12.0 Å². The molecular weight excluding hydrogens is 216 g/mol. The summed E-state index contributed by atoms with van der Waals surface area (Å²) in [6.45, 7) is 1.74. The van der Waals surface area contributed by atoms with Gasteiger partial charge in [-0.2, -0.15) is 0 Å². The van der Waals surface area contributed by atoms with Crippen molar-refractivity contribution >= 4 is 11.6 Å². The van der Waals surface area contributed by atoms with Gasteiger partial charge >= 0.3 is 0 Å². The monoisotopic (exact) mass is 234 g/mol. The number of anilines is 1. The number of nitrogens with one attached hydrogen (secondary N) is 2.